The van der Waals surface area contributed by atoms with Crippen LogP contribution in [0.25, 0.3) is 16.9 Å². The number of amides is 1. The van der Waals surface area contributed by atoms with Crippen LogP contribution in [0, 0.1) is 5.82 Å². The van der Waals surface area contributed by atoms with Gasteiger partial charge in [-0.1, -0.05) is 6.92 Å². The summed E-state index contributed by atoms with van der Waals surface area (Å²) in [5.74, 6) is -0.434. The number of methoxy groups -OCH3 is 1. The summed E-state index contributed by atoms with van der Waals surface area (Å²) in [7, 11) is 1.61. The highest BCUT2D eigenvalue weighted by molar-refractivity contribution is 5.94. The summed E-state index contributed by atoms with van der Waals surface area (Å²) in [4.78, 5) is 16.9. The summed E-state index contributed by atoms with van der Waals surface area (Å²) in [5.41, 5.74) is 2.82. The summed E-state index contributed by atoms with van der Waals surface area (Å²) in [6.07, 6.45) is 4.36. The zero-order valence-electron chi connectivity index (χ0n) is 14.2. The molecule has 0 radical (unpaired) electrons. The Labute approximate surface area is 145 Å². The number of carbonyl (C=O) groups is 1. The molecule has 1 N–H and O–H groups in total. The zero-order chi connectivity index (χ0) is 17.8. The number of nitrogens with zero attached hydrogens (tertiary/aromatic N) is 2. The van der Waals surface area contributed by atoms with Crippen LogP contribution in [0.4, 0.5) is 4.39 Å². The molecule has 0 aliphatic carbocycles. The van der Waals surface area contributed by atoms with Crippen molar-refractivity contribution in [2.45, 2.75) is 19.4 Å². The second kappa shape index (κ2) is 7.44. The number of aromatic nitrogens is 2. The summed E-state index contributed by atoms with van der Waals surface area (Å²) >= 11 is 0. The third kappa shape index (κ3) is 3.85. The first kappa shape index (κ1) is 17.1. The molecule has 5 nitrogen and oxygen atoms in total. The molecule has 2 heterocycles. The first-order valence-corrected chi connectivity index (χ1v) is 8.15. The molecule has 0 bridgehead atoms. The molecule has 0 unspecified atom stereocenters. The van der Waals surface area contributed by atoms with Gasteiger partial charge in [-0.2, -0.15) is 0 Å². The summed E-state index contributed by atoms with van der Waals surface area (Å²) in [6.45, 7) is 2.47. The fraction of sp³-hybridized carbons (Fsp3) is 0.263. The Morgan fingerprint density at radius 2 is 2.00 bits per heavy atom. The number of hydrogen-bond donors (Lipinski definition) is 1. The number of imidazole rings is 1. The molecule has 3 aromatic rings. The molecule has 1 amide bonds. The average molecular weight is 341 g/mol. The van der Waals surface area contributed by atoms with Crippen LogP contribution in [-0.2, 0) is 4.74 Å². The molecule has 0 aliphatic rings. The van der Waals surface area contributed by atoms with Gasteiger partial charge in [0, 0.05) is 25.1 Å². The molecule has 0 fully saturated rings. The van der Waals surface area contributed by atoms with E-state index in [4.69, 9.17) is 4.74 Å². The van der Waals surface area contributed by atoms with E-state index in [0.29, 0.717) is 12.2 Å². The second-order valence-electron chi connectivity index (χ2n) is 5.85. The van der Waals surface area contributed by atoms with Crippen molar-refractivity contribution in [3.63, 3.8) is 0 Å². The van der Waals surface area contributed by atoms with Crippen molar-refractivity contribution in [3.05, 3.63) is 60.2 Å². The standard InChI is InChI=1S/C19H20FN3O2/c1-3-16(12-25-2)21-19(24)14-6-9-18-22-17(11-23(18)10-14)13-4-7-15(20)8-5-13/h4-11,16H,3,12H2,1-2H3,(H,21,24)/t16-/m1/s1. The molecule has 1 atom stereocenters. The van der Waals surface area contributed by atoms with Crippen LogP contribution in [0.3, 0.4) is 0 Å². The predicted octanol–water partition coefficient (Wildman–Crippen LogP) is 3.30. The van der Waals surface area contributed by atoms with Gasteiger partial charge in [-0.25, -0.2) is 9.37 Å². The lowest BCUT2D eigenvalue weighted by molar-refractivity contribution is 0.0894. The van der Waals surface area contributed by atoms with Gasteiger partial charge in [0.05, 0.1) is 23.9 Å². The van der Waals surface area contributed by atoms with Crippen molar-refractivity contribution in [2.75, 3.05) is 13.7 Å². The number of pyridine rings is 1. The number of ether oxygens (including phenoxy) is 1. The van der Waals surface area contributed by atoms with Crippen molar-refractivity contribution in [1.29, 1.82) is 0 Å². The number of halogens is 1. The van der Waals surface area contributed by atoms with E-state index in [-0.39, 0.29) is 17.8 Å². The highest BCUT2D eigenvalue weighted by Crippen LogP contribution is 2.20. The molecule has 0 saturated heterocycles. The number of nitrogens with one attached hydrogen (secondary N) is 1. The van der Waals surface area contributed by atoms with Gasteiger partial charge in [0.25, 0.3) is 5.91 Å². The normalized spacial score (nSPS) is 12.3. The third-order valence-corrected chi connectivity index (χ3v) is 4.05. The van der Waals surface area contributed by atoms with Crippen LogP contribution >= 0.6 is 0 Å². The molecule has 1 aromatic carbocycles. The van der Waals surface area contributed by atoms with Gasteiger partial charge in [-0.05, 0) is 42.8 Å². The van der Waals surface area contributed by atoms with E-state index < -0.39 is 0 Å². The minimum Gasteiger partial charge on any atom is -0.383 e. The average Bonchev–Trinajstić information content (AvgIpc) is 3.05. The van der Waals surface area contributed by atoms with E-state index in [2.05, 4.69) is 10.3 Å². The van der Waals surface area contributed by atoms with Crippen molar-refractivity contribution in [1.82, 2.24) is 14.7 Å². The molecule has 3 rings (SSSR count). The summed E-state index contributed by atoms with van der Waals surface area (Å²) in [5, 5.41) is 2.95. The lowest BCUT2D eigenvalue weighted by Gasteiger charge is -2.15. The molecule has 0 saturated carbocycles. The minimum absolute atomic E-state index is 0.0224. The predicted molar refractivity (Wildman–Crippen MR) is 94.0 cm³/mol. The van der Waals surface area contributed by atoms with E-state index in [9.17, 15) is 9.18 Å². The summed E-state index contributed by atoms with van der Waals surface area (Å²) < 4.78 is 20.0. The minimum atomic E-state index is -0.284. The van der Waals surface area contributed by atoms with Crippen LogP contribution in [0.2, 0.25) is 0 Å². The highest BCUT2D eigenvalue weighted by atomic mass is 19.1. The Morgan fingerprint density at radius 3 is 2.68 bits per heavy atom. The summed E-state index contributed by atoms with van der Waals surface area (Å²) in [6, 6.07) is 9.68. The van der Waals surface area contributed by atoms with Crippen LogP contribution in [0.1, 0.15) is 23.7 Å². The van der Waals surface area contributed by atoms with E-state index in [0.717, 1.165) is 23.3 Å². The first-order valence-electron chi connectivity index (χ1n) is 8.15. The fourth-order valence-electron chi connectivity index (χ4n) is 2.62. The molecule has 6 heteroatoms. The van der Waals surface area contributed by atoms with Gasteiger partial charge in [0.2, 0.25) is 0 Å². The smallest absolute Gasteiger partial charge is 0.253 e. The maximum atomic E-state index is 13.1. The fourth-order valence-corrected chi connectivity index (χ4v) is 2.62. The number of rotatable bonds is 6. The van der Waals surface area contributed by atoms with Gasteiger partial charge in [0.15, 0.2) is 0 Å². The largest absolute Gasteiger partial charge is 0.383 e. The lowest BCUT2D eigenvalue weighted by Crippen LogP contribution is -2.37. The van der Waals surface area contributed by atoms with Gasteiger partial charge >= 0.3 is 0 Å². The second-order valence-corrected chi connectivity index (χ2v) is 5.85. The molecular weight excluding hydrogens is 321 g/mol. The molecule has 25 heavy (non-hydrogen) atoms. The number of benzene rings is 1. The van der Waals surface area contributed by atoms with Crippen molar-refractivity contribution in [2.24, 2.45) is 0 Å². The van der Waals surface area contributed by atoms with E-state index >= 15 is 0 Å². The molecule has 2 aromatic heterocycles. The van der Waals surface area contributed by atoms with Crippen molar-refractivity contribution < 1.29 is 13.9 Å². The van der Waals surface area contributed by atoms with Crippen LogP contribution < -0.4 is 5.32 Å². The van der Waals surface area contributed by atoms with Gasteiger partial charge in [0.1, 0.15) is 11.5 Å². The van der Waals surface area contributed by atoms with Gasteiger partial charge in [-0.3, -0.25) is 4.79 Å². The highest BCUT2D eigenvalue weighted by Gasteiger charge is 2.13. The Bertz CT molecular complexity index is 874. The molecule has 130 valence electrons. The third-order valence-electron chi connectivity index (χ3n) is 4.05. The topological polar surface area (TPSA) is 55.6 Å². The van der Waals surface area contributed by atoms with E-state index in [1.54, 1.807) is 42.0 Å². The lowest BCUT2D eigenvalue weighted by atomic mass is 10.2. The number of carbonyl (C=O) groups excluding carboxylic acids is 1. The zero-order valence-corrected chi connectivity index (χ0v) is 14.2. The number of fused-ring (bicyclic) bond motifs is 1. The van der Waals surface area contributed by atoms with Crippen molar-refractivity contribution >= 4 is 11.6 Å². The van der Waals surface area contributed by atoms with Crippen LogP contribution in [0.5, 0.6) is 0 Å². The quantitative estimate of drug-likeness (QED) is 0.748. The molecule has 0 aliphatic heterocycles. The molecular formula is C19H20FN3O2. The Morgan fingerprint density at radius 1 is 1.24 bits per heavy atom. The van der Waals surface area contributed by atoms with Crippen LogP contribution in [-0.4, -0.2) is 35.1 Å². The maximum Gasteiger partial charge on any atom is 0.253 e. The van der Waals surface area contributed by atoms with E-state index in [1.165, 1.54) is 12.1 Å². The SMILES string of the molecule is CC[C@H](COC)NC(=O)c1ccc2nc(-c3ccc(F)cc3)cn2c1. The Kier molecular flexibility index (Phi) is 5.09. The van der Waals surface area contributed by atoms with Crippen LogP contribution in [0.15, 0.2) is 48.8 Å². The monoisotopic (exact) mass is 341 g/mol. The Balaban J connectivity index is 1.84. The van der Waals surface area contributed by atoms with Gasteiger partial charge in [-0.15, -0.1) is 0 Å². The Hall–Kier alpha value is -2.73. The molecule has 0 spiro atoms. The number of hydrogen-bond acceptors (Lipinski definition) is 3. The first-order chi connectivity index (χ1) is 12.1. The van der Waals surface area contributed by atoms with Crippen molar-refractivity contribution in [3.8, 4) is 11.3 Å². The van der Waals surface area contributed by atoms with Gasteiger partial charge < -0.3 is 14.5 Å². The maximum absolute atomic E-state index is 13.1. The van der Waals surface area contributed by atoms with E-state index in [1.807, 2.05) is 13.1 Å².